The zero-order valence-electron chi connectivity index (χ0n) is 23.3. The van der Waals surface area contributed by atoms with Gasteiger partial charge in [0.2, 0.25) is 26.8 Å². The molecule has 11 heteroatoms. The number of hydrogen-bond acceptors (Lipinski definition) is 6. The number of halogens is 1. The van der Waals surface area contributed by atoms with Crippen molar-refractivity contribution in [3.63, 3.8) is 0 Å². The predicted octanol–water partition coefficient (Wildman–Crippen LogP) is 2.40. The molecule has 0 bridgehead atoms. The number of sulfone groups is 1. The fourth-order valence-electron chi connectivity index (χ4n) is 7.40. The van der Waals surface area contributed by atoms with E-state index in [0.717, 1.165) is 36.3 Å². The Labute approximate surface area is 244 Å². The monoisotopic (exact) mass is 595 g/mol. The number of carbonyl (C=O) groups excluding carboxylic acids is 3. The maximum atomic E-state index is 14.6. The van der Waals surface area contributed by atoms with E-state index >= 15 is 0 Å². The second kappa shape index (κ2) is 10.6. The van der Waals surface area contributed by atoms with Gasteiger partial charge in [-0.2, -0.15) is 4.39 Å². The number of carbonyl (C=O) groups is 3. The Bertz CT molecular complexity index is 1540. The number of nitrogens with one attached hydrogen (secondary N) is 2. The van der Waals surface area contributed by atoms with Crippen LogP contribution in [0.15, 0.2) is 59.8 Å². The minimum absolute atomic E-state index is 0.0139. The van der Waals surface area contributed by atoms with E-state index in [0.29, 0.717) is 30.5 Å². The van der Waals surface area contributed by atoms with E-state index in [1.807, 2.05) is 24.3 Å². The van der Waals surface area contributed by atoms with E-state index in [4.69, 9.17) is 0 Å². The third-order valence-electron chi connectivity index (χ3n) is 9.37. The Balaban J connectivity index is 1.34. The second-order valence-corrected chi connectivity index (χ2v) is 13.9. The van der Waals surface area contributed by atoms with Crippen molar-refractivity contribution < 1.29 is 32.3 Å². The zero-order chi connectivity index (χ0) is 29.8. The van der Waals surface area contributed by atoms with Crippen LogP contribution in [0.1, 0.15) is 43.2 Å². The van der Waals surface area contributed by atoms with Gasteiger partial charge < -0.3 is 20.6 Å². The average Bonchev–Trinajstić information content (AvgIpc) is 3.72. The summed E-state index contributed by atoms with van der Waals surface area (Å²) in [6.45, 7) is 0.732. The lowest BCUT2D eigenvalue weighted by atomic mass is 9.88. The molecule has 2 aromatic rings. The van der Waals surface area contributed by atoms with Crippen molar-refractivity contribution in [1.82, 2.24) is 15.5 Å². The average molecular weight is 596 g/mol. The van der Waals surface area contributed by atoms with Gasteiger partial charge in [0.25, 0.3) is 5.91 Å². The smallest absolute Gasteiger partial charge is 0.264 e. The quantitative estimate of drug-likeness (QED) is 0.451. The van der Waals surface area contributed by atoms with E-state index < -0.39 is 50.4 Å². The second-order valence-electron chi connectivity index (χ2n) is 11.9. The molecule has 2 aromatic carbocycles. The van der Waals surface area contributed by atoms with E-state index in [-0.39, 0.29) is 30.7 Å². The standard InChI is InChI=1S/C31H34FN3O6S/c1-42(40,41)26(32)16-20(15-18-13-14-33-28(18)36)34-29(37)27-21-10-6-7-19(21)17-35(27)30(38)31(39)24-11-4-2-8-22(24)23-9-3-5-12-25(23)31/h2-5,8-9,11-12,16,18-21,27,39H,6-7,10,13-15,17H2,1H3,(H,33,36)(H,34,37)/b26-16-/t18-,19+,20-,21+,27-/m1/s1. The molecule has 0 unspecified atom stereocenters. The molecule has 2 aliphatic carbocycles. The minimum atomic E-state index is -4.17. The number of fused-ring (bicyclic) bond motifs is 4. The summed E-state index contributed by atoms with van der Waals surface area (Å²) in [5, 5.41) is 16.3. The normalized spacial score (nSPS) is 26.8. The lowest BCUT2D eigenvalue weighted by Gasteiger charge is -2.34. The molecule has 6 rings (SSSR count). The number of benzene rings is 2. The van der Waals surface area contributed by atoms with Crippen LogP contribution in [0.2, 0.25) is 0 Å². The van der Waals surface area contributed by atoms with Gasteiger partial charge in [-0.05, 0) is 54.7 Å². The predicted molar refractivity (Wildman–Crippen MR) is 153 cm³/mol. The van der Waals surface area contributed by atoms with Crippen LogP contribution in [-0.4, -0.2) is 67.6 Å². The van der Waals surface area contributed by atoms with Gasteiger partial charge in [-0.3, -0.25) is 14.4 Å². The molecule has 2 aliphatic heterocycles. The summed E-state index contributed by atoms with van der Waals surface area (Å²) in [6, 6.07) is 12.3. The van der Waals surface area contributed by atoms with Gasteiger partial charge >= 0.3 is 0 Å². The lowest BCUT2D eigenvalue weighted by molar-refractivity contribution is -0.152. The lowest BCUT2D eigenvalue weighted by Crippen LogP contribution is -2.55. The Morgan fingerprint density at radius 1 is 1.12 bits per heavy atom. The Kier molecular flexibility index (Phi) is 7.21. The van der Waals surface area contributed by atoms with Gasteiger partial charge in [0.15, 0.2) is 5.60 Å². The van der Waals surface area contributed by atoms with E-state index in [9.17, 15) is 32.3 Å². The van der Waals surface area contributed by atoms with Gasteiger partial charge in [0.1, 0.15) is 6.04 Å². The maximum absolute atomic E-state index is 14.6. The molecule has 1 saturated carbocycles. The highest BCUT2D eigenvalue weighted by molar-refractivity contribution is 7.94. The van der Waals surface area contributed by atoms with E-state index in [1.165, 1.54) is 4.90 Å². The molecule has 3 amide bonds. The maximum Gasteiger partial charge on any atom is 0.264 e. The summed E-state index contributed by atoms with van der Waals surface area (Å²) in [5.74, 6) is -2.02. The van der Waals surface area contributed by atoms with Gasteiger partial charge in [-0.1, -0.05) is 55.0 Å². The molecule has 0 radical (unpaired) electrons. The highest BCUT2D eigenvalue weighted by Gasteiger charge is 2.56. The van der Waals surface area contributed by atoms with Crippen LogP contribution < -0.4 is 10.6 Å². The Morgan fingerprint density at radius 3 is 2.36 bits per heavy atom. The third kappa shape index (κ3) is 4.72. The summed E-state index contributed by atoms with van der Waals surface area (Å²) >= 11 is 0. The first-order chi connectivity index (χ1) is 20.0. The van der Waals surface area contributed by atoms with E-state index in [2.05, 4.69) is 10.6 Å². The fourth-order valence-corrected chi connectivity index (χ4v) is 7.81. The number of rotatable bonds is 7. The number of hydrogen-bond donors (Lipinski definition) is 3. The van der Waals surface area contributed by atoms with Crippen molar-refractivity contribution in [2.45, 2.75) is 49.8 Å². The van der Waals surface area contributed by atoms with Crippen molar-refractivity contribution in [2.24, 2.45) is 17.8 Å². The molecular formula is C31H34FN3O6S. The molecule has 2 saturated heterocycles. The molecule has 0 spiro atoms. The molecule has 5 atom stereocenters. The van der Waals surface area contributed by atoms with Crippen LogP contribution in [0.5, 0.6) is 0 Å². The van der Waals surface area contributed by atoms with Crippen LogP contribution in [0.25, 0.3) is 11.1 Å². The van der Waals surface area contributed by atoms with Crippen LogP contribution in [0.4, 0.5) is 4.39 Å². The topological polar surface area (TPSA) is 133 Å². The van der Waals surface area contributed by atoms with Crippen molar-refractivity contribution in [3.8, 4) is 11.1 Å². The Hall–Kier alpha value is -3.57. The van der Waals surface area contributed by atoms with Gasteiger partial charge in [0, 0.05) is 36.4 Å². The molecule has 9 nitrogen and oxygen atoms in total. The number of aliphatic hydroxyl groups is 1. The summed E-state index contributed by atoms with van der Waals surface area (Å²) in [6.07, 6.45) is 4.50. The van der Waals surface area contributed by atoms with Crippen LogP contribution in [-0.2, 0) is 29.8 Å². The molecule has 3 fully saturated rings. The van der Waals surface area contributed by atoms with Crippen LogP contribution in [0, 0.1) is 17.8 Å². The van der Waals surface area contributed by atoms with Crippen LogP contribution >= 0.6 is 0 Å². The van der Waals surface area contributed by atoms with Crippen molar-refractivity contribution >= 4 is 27.6 Å². The van der Waals surface area contributed by atoms with Gasteiger partial charge in [-0.25, -0.2) is 8.42 Å². The highest BCUT2D eigenvalue weighted by Crippen LogP contribution is 2.50. The number of likely N-dealkylation sites (tertiary alicyclic amines) is 1. The zero-order valence-corrected chi connectivity index (χ0v) is 24.1. The molecule has 4 aliphatic rings. The number of nitrogens with zero attached hydrogens (tertiary/aromatic N) is 1. The van der Waals surface area contributed by atoms with Crippen LogP contribution in [0.3, 0.4) is 0 Å². The molecule has 222 valence electrons. The first-order valence-electron chi connectivity index (χ1n) is 14.4. The van der Waals surface area contributed by atoms with Crippen molar-refractivity contribution in [1.29, 1.82) is 0 Å². The summed E-state index contributed by atoms with van der Waals surface area (Å²) in [7, 11) is -4.17. The first-order valence-corrected chi connectivity index (χ1v) is 16.3. The van der Waals surface area contributed by atoms with Gasteiger partial charge in [0.05, 0.1) is 6.04 Å². The first kappa shape index (κ1) is 28.5. The summed E-state index contributed by atoms with van der Waals surface area (Å²) in [5.41, 5.74) is 0.418. The fraction of sp³-hybridized carbons (Fsp3) is 0.452. The van der Waals surface area contributed by atoms with E-state index in [1.54, 1.807) is 24.3 Å². The minimum Gasteiger partial charge on any atom is -0.372 e. The molecule has 2 heterocycles. The highest BCUT2D eigenvalue weighted by atomic mass is 32.2. The molecule has 0 aromatic heterocycles. The Morgan fingerprint density at radius 2 is 1.76 bits per heavy atom. The summed E-state index contributed by atoms with van der Waals surface area (Å²) in [4.78, 5) is 42.2. The number of amides is 3. The SMILES string of the molecule is CS(=O)(=O)/C(F)=C\[C@@H](C[C@H]1CCNC1=O)NC(=O)[C@H]1[C@H]2CCC[C@H]2CN1C(=O)C1(O)c2ccccc2-c2ccccc21. The van der Waals surface area contributed by atoms with Crippen molar-refractivity contribution in [2.75, 3.05) is 19.3 Å². The molecule has 3 N–H and O–H groups in total. The third-order valence-corrected chi connectivity index (χ3v) is 10.2. The molecule has 42 heavy (non-hydrogen) atoms. The van der Waals surface area contributed by atoms with Gasteiger partial charge in [-0.15, -0.1) is 0 Å². The largest absolute Gasteiger partial charge is 0.372 e. The molecular weight excluding hydrogens is 561 g/mol. The summed E-state index contributed by atoms with van der Waals surface area (Å²) < 4.78 is 38.4. The van der Waals surface area contributed by atoms with Crippen molar-refractivity contribution in [3.05, 3.63) is 70.9 Å².